The lowest BCUT2D eigenvalue weighted by atomic mass is 10.1. The van der Waals surface area contributed by atoms with Gasteiger partial charge in [-0.1, -0.05) is 6.42 Å². The van der Waals surface area contributed by atoms with Gasteiger partial charge in [0.1, 0.15) is 5.69 Å². The van der Waals surface area contributed by atoms with Crippen LogP contribution < -0.4 is 10.1 Å². The molecule has 0 aliphatic heterocycles. The molecular weight excluding hydrogens is 267 g/mol. The lowest BCUT2D eigenvalue weighted by Gasteiger charge is -2.16. The second kappa shape index (κ2) is 6.04. The summed E-state index contributed by atoms with van der Waals surface area (Å²) in [6.45, 7) is 0.413. The molecule has 2 N–H and O–H groups in total. The molecule has 1 fully saturated rings. The van der Waals surface area contributed by atoms with Crippen molar-refractivity contribution in [3.05, 3.63) is 28.1 Å². The zero-order chi connectivity index (χ0) is 14.7. The van der Waals surface area contributed by atoms with Gasteiger partial charge in [0, 0.05) is 18.5 Å². The molecule has 1 aliphatic carbocycles. The number of benzene rings is 1. The van der Waals surface area contributed by atoms with Crippen molar-refractivity contribution >= 4 is 11.4 Å². The topological polar surface area (TPSA) is 84.6 Å². The first-order valence-corrected chi connectivity index (χ1v) is 6.46. The molecule has 0 amide bonds. The van der Waals surface area contributed by atoms with E-state index in [2.05, 4.69) is 5.32 Å². The van der Waals surface area contributed by atoms with Crippen LogP contribution >= 0.6 is 0 Å². The normalized spacial score (nSPS) is 21.8. The molecule has 0 spiro atoms. The van der Waals surface area contributed by atoms with E-state index in [1.165, 1.54) is 13.2 Å². The van der Waals surface area contributed by atoms with Crippen LogP contribution in [0.1, 0.15) is 19.3 Å². The lowest BCUT2D eigenvalue weighted by Crippen LogP contribution is -2.22. The third-order valence-corrected chi connectivity index (χ3v) is 3.64. The number of aliphatic hydroxyl groups is 1. The summed E-state index contributed by atoms with van der Waals surface area (Å²) in [6, 6.07) is 2.11. The van der Waals surface area contributed by atoms with Gasteiger partial charge in [-0.05, 0) is 12.8 Å². The summed E-state index contributed by atoms with van der Waals surface area (Å²) in [5, 5.41) is 23.6. The van der Waals surface area contributed by atoms with Crippen LogP contribution in [0, 0.1) is 21.8 Å². The van der Waals surface area contributed by atoms with E-state index in [0.29, 0.717) is 6.54 Å². The molecule has 6 nitrogen and oxygen atoms in total. The molecule has 20 heavy (non-hydrogen) atoms. The summed E-state index contributed by atoms with van der Waals surface area (Å²) in [5.74, 6) is -0.763. The average molecular weight is 284 g/mol. The first-order valence-electron chi connectivity index (χ1n) is 6.46. The summed E-state index contributed by atoms with van der Waals surface area (Å²) in [6.07, 6.45) is 2.19. The largest absolute Gasteiger partial charge is 0.494 e. The Labute approximate surface area is 115 Å². The first-order chi connectivity index (χ1) is 9.52. The van der Waals surface area contributed by atoms with Crippen molar-refractivity contribution in [2.24, 2.45) is 5.92 Å². The third kappa shape index (κ3) is 2.98. The molecule has 0 radical (unpaired) electrons. The third-order valence-electron chi connectivity index (χ3n) is 3.64. The Hall–Kier alpha value is -1.89. The van der Waals surface area contributed by atoms with Crippen molar-refractivity contribution in [2.75, 3.05) is 19.0 Å². The van der Waals surface area contributed by atoms with Crippen molar-refractivity contribution in [1.82, 2.24) is 0 Å². The lowest BCUT2D eigenvalue weighted by molar-refractivity contribution is -0.384. The van der Waals surface area contributed by atoms with Crippen LogP contribution in [-0.2, 0) is 0 Å². The van der Waals surface area contributed by atoms with Gasteiger partial charge in [0.15, 0.2) is 11.6 Å². The van der Waals surface area contributed by atoms with Gasteiger partial charge in [-0.2, -0.15) is 0 Å². The molecule has 0 aromatic heterocycles. The molecule has 110 valence electrons. The van der Waals surface area contributed by atoms with Crippen molar-refractivity contribution in [1.29, 1.82) is 0 Å². The predicted molar refractivity (Wildman–Crippen MR) is 71.4 cm³/mol. The van der Waals surface area contributed by atoms with Gasteiger partial charge in [0.2, 0.25) is 0 Å². The second-order valence-electron chi connectivity index (χ2n) is 4.90. The van der Waals surface area contributed by atoms with Crippen LogP contribution in [0.3, 0.4) is 0 Å². The molecule has 1 aliphatic rings. The highest BCUT2D eigenvalue weighted by Gasteiger charge is 2.26. The maximum absolute atomic E-state index is 13.5. The molecule has 1 aromatic carbocycles. The smallest absolute Gasteiger partial charge is 0.295 e. The molecule has 2 atom stereocenters. The maximum atomic E-state index is 13.5. The number of ether oxygens (including phenoxy) is 1. The minimum absolute atomic E-state index is 0.0509. The SMILES string of the molecule is COc1cc(NCC2CCCC2O)c([N+](=O)[O-])cc1F. The van der Waals surface area contributed by atoms with Crippen LogP contribution in [0.5, 0.6) is 5.75 Å². The van der Waals surface area contributed by atoms with Gasteiger partial charge >= 0.3 is 0 Å². The van der Waals surface area contributed by atoms with Crippen LogP contribution in [0.15, 0.2) is 12.1 Å². The number of aliphatic hydroxyl groups excluding tert-OH is 1. The molecule has 0 bridgehead atoms. The Balaban J connectivity index is 2.18. The highest BCUT2D eigenvalue weighted by molar-refractivity contribution is 5.64. The summed E-state index contributed by atoms with van der Waals surface area (Å²) in [7, 11) is 1.30. The van der Waals surface area contributed by atoms with E-state index in [0.717, 1.165) is 25.3 Å². The number of anilines is 1. The number of nitro groups is 1. The minimum Gasteiger partial charge on any atom is -0.494 e. The molecule has 0 heterocycles. The summed E-state index contributed by atoms with van der Waals surface area (Å²) in [4.78, 5) is 10.3. The van der Waals surface area contributed by atoms with Crippen LogP contribution in [0.2, 0.25) is 0 Å². The number of methoxy groups -OCH3 is 1. The van der Waals surface area contributed by atoms with Gasteiger partial charge in [-0.3, -0.25) is 10.1 Å². The predicted octanol–water partition coefficient (Wildman–Crippen LogP) is 2.32. The van der Waals surface area contributed by atoms with Crippen LogP contribution in [0.25, 0.3) is 0 Å². The van der Waals surface area contributed by atoms with E-state index in [1.807, 2.05) is 0 Å². The summed E-state index contributed by atoms with van der Waals surface area (Å²) >= 11 is 0. The number of nitro benzene ring substituents is 1. The van der Waals surface area contributed by atoms with Crippen LogP contribution in [0.4, 0.5) is 15.8 Å². The number of nitrogens with zero attached hydrogens (tertiary/aromatic N) is 1. The van der Waals surface area contributed by atoms with E-state index in [1.54, 1.807) is 0 Å². The zero-order valence-corrected chi connectivity index (χ0v) is 11.1. The van der Waals surface area contributed by atoms with Gasteiger partial charge in [-0.25, -0.2) is 4.39 Å². The second-order valence-corrected chi connectivity index (χ2v) is 4.90. The van der Waals surface area contributed by atoms with Gasteiger partial charge in [0.05, 0.1) is 24.2 Å². The molecule has 1 aromatic rings. The Morgan fingerprint density at radius 3 is 2.85 bits per heavy atom. The fourth-order valence-electron chi connectivity index (χ4n) is 2.49. The van der Waals surface area contributed by atoms with E-state index in [-0.39, 0.29) is 29.1 Å². The quantitative estimate of drug-likeness (QED) is 0.640. The van der Waals surface area contributed by atoms with Crippen LogP contribution in [-0.4, -0.2) is 29.8 Å². The molecule has 0 saturated heterocycles. The van der Waals surface area contributed by atoms with Gasteiger partial charge < -0.3 is 15.2 Å². The van der Waals surface area contributed by atoms with Gasteiger partial charge in [0.25, 0.3) is 5.69 Å². The van der Waals surface area contributed by atoms with Crippen molar-refractivity contribution in [3.8, 4) is 5.75 Å². The van der Waals surface area contributed by atoms with Crippen molar-refractivity contribution in [3.63, 3.8) is 0 Å². The molecule has 7 heteroatoms. The number of hydrogen-bond acceptors (Lipinski definition) is 5. The molecular formula is C13H17FN2O4. The zero-order valence-electron chi connectivity index (χ0n) is 11.1. The van der Waals surface area contributed by atoms with Crippen molar-refractivity contribution < 1.29 is 19.2 Å². The molecule has 2 rings (SSSR count). The first kappa shape index (κ1) is 14.5. The molecule has 1 saturated carbocycles. The Morgan fingerprint density at radius 1 is 1.55 bits per heavy atom. The fraction of sp³-hybridized carbons (Fsp3) is 0.538. The maximum Gasteiger partial charge on any atom is 0.295 e. The van der Waals surface area contributed by atoms with E-state index >= 15 is 0 Å². The minimum atomic E-state index is -0.773. The fourth-order valence-corrected chi connectivity index (χ4v) is 2.49. The molecule has 2 unspecified atom stereocenters. The highest BCUT2D eigenvalue weighted by Crippen LogP contribution is 2.33. The number of halogens is 1. The highest BCUT2D eigenvalue weighted by atomic mass is 19.1. The van der Waals surface area contributed by atoms with Gasteiger partial charge in [-0.15, -0.1) is 0 Å². The Morgan fingerprint density at radius 2 is 2.30 bits per heavy atom. The summed E-state index contributed by atoms with van der Waals surface area (Å²) in [5.41, 5.74) is -0.136. The Bertz CT molecular complexity index is 509. The van der Waals surface area contributed by atoms with E-state index in [4.69, 9.17) is 4.74 Å². The van der Waals surface area contributed by atoms with E-state index < -0.39 is 10.7 Å². The number of nitrogens with one attached hydrogen (secondary N) is 1. The monoisotopic (exact) mass is 284 g/mol. The summed E-state index contributed by atoms with van der Waals surface area (Å²) < 4.78 is 18.3. The van der Waals surface area contributed by atoms with Crippen molar-refractivity contribution in [2.45, 2.75) is 25.4 Å². The Kier molecular flexibility index (Phi) is 4.39. The average Bonchev–Trinajstić information content (AvgIpc) is 2.82. The number of hydrogen-bond donors (Lipinski definition) is 2. The van der Waals surface area contributed by atoms with E-state index in [9.17, 15) is 19.6 Å². The number of rotatable bonds is 5. The standard InChI is InChI=1S/C13H17FN2O4/c1-20-13-6-10(11(16(18)19)5-9(13)14)15-7-8-3-2-4-12(8)17/h5-6,8,12,15,17H,2-4,7H2,1H3.